The Kier molecular flexibility index (Phi) is 7.43. The lowest BCUT2D eigenvalue weighted by atomic mass is 9.95. The van der Waals surface area contributed by atoms with E-state index in [1.54, 1.807) is 0 Å². The van der Waals surface area contributed by atoms with E-state index < -0.39 is 6.17 Å². The van der Waals surface area contributed by atoms with Crippen molar-refractivity contribution in [2.24, 2.45) is 9.98 Å². The van der Waals surface area contributed by atoms with Crippen LogP contribution in [-0.4, -0.2) is 11.7 Å². The molecule has 0 saturated carbocycles. The highest BCUT2D eigenvalue weighted by Gasteiger charge is 2.17. The molecule has 1 unspecified atom stereocenters. The van der Waals surface area contributed by atoms with Gasteiger partial charge in [-0.25, -0.2) is 0 Å². The Morgan fingerprint density at radius 2 is 1.16 bits per heavy atom. The second-order valence-electron chi connectivity index (χ2n) is 14.9. The van der Waals surface area contributed by atoms with E-state index in [4.69, 9.17) is 19.7 Å². The minimum Gasteiger partial charge on any atom is -0.456 e. The first-order chi connectivity index (χ1) is 28.7. The largest absolute Gasteiger partial charge is 0.456 e. The lowest BCUT2D eigenvalue weighted by Crippen LogP contribution is -2.15. The summed E-state index contributed by atoms with van der Waals surface area (Å²) in [6, 6.07) is 66.6. The fourth-order valence-electron chi connectivity index (χ4n) is 8.57. The molecule has 0 bridgehead atoms. The van der Waals surface area contributed by atoms with Gasteiger partial charge in [0.15, 0.2) is 0 Å². The number of fused-ring (bicyclic) bond motifs is 9. The highest BCUT2D eigenvalue weighted by molar-refractivity contribution is 7.25. The van der Waals surface area contributed by atoms with E-state index in [1.165, 1.54) is 47.3 Å². The van der Waals surface area contributed by atoms with Crippen LogP contribution >= 0.6 is 11.3 Å². The standard InChI is InChI=1S/C53H32N3OS/c1-2-10-34(11-3-1)51-54-52(56-53(55-51)39-24-27-44-43-13-6-7-16-48(43)58-49(44)31-39)35-20-17-33(18-21-35)42-14-8-15-47-50(42)45-30-37(25-28-46(45)57-47)36-23-26-41-38(29-36)22-19-32-9-4-5-12-40(32)41/h1-31,53H/q-1. The van der Waals surface area contributed by atoms with Crippen molar-refractivity contribution in [2.75, 3.05) is 0 Å². The smallest absolute Gasteiger partial charge is 0.136 e. The summed E-state index contributed by atoms with van der Waals surface area (Å²) in [7, 11) is 0. The van der Waals surface area contributed by atoms with Crippen LogP contribution in [0, 0.1) is 0 Å². The van der Waals surface area contributed by atoms with E-state index in [0.29, 0.717) is 11.7 Å². The third-order valence-corrected chi connectivity index (χ3v) is 12.6. The molecule has 0 aliphatic carbocycles. The first-order valence-corrected chi connectivity index (χ1v) is 20.3. The molecule has 11 aromatic rings. The summed E-state index contributed by atoms with van der Waals surface area (Å²) in [5, 5.41) is 14.9. The summed E-state index contributed by atoms with van der Waals surface area (Å²) < 4.78 is 8.96. The molecule has 1 atom stereocenters. The molecular weight excluding hydrogens is 727 g/mol. The number of aliphatic imine (C=N–C) groups is 2. The number of rotatable bonds is 5. The van der Waals surface area contributed by atoms with Crippen molar-refractivity contribution in [2.45, 2.75) is 6.17 Å². The maximum absolute atomic E-state index is 6.45. The van der Waals surface area contributed by atoms with E-state index in [-0.39, 0.29) is 0 Å². The van der Waals surface area contributed by atoms with Gasteiger partial charge in [0.25, 0.3) is 0 Å². The van der Waals surface area contributed by atoms with Gasteiger partial charge in [0, 0.05) is 30.9 Å². The Bertz CT molecular complexity index is 3490. The quantitative estimate of drug-likeness (QED) is 0.161. The predicted octanol–water partition coefficient (Wildman–Crippen LogP) is 14.9. The Balaban J connectivity index is 0.922. The van der Waals surface area contributed by atoms with Crippen molar-refractivity contribution in [3.63, 3.8) is 0 Å². The van der Waals surface area contributed by atoms with E-state index in [0.717, 1.165) is 55.3 Å². The zero-order chi connectivity index (χ0) is 38.2. The van der Waals surface area contributed by atoms with Crippen LogP contribution in [0.15, 0.2) is 202 Å². The van der Waals surface area contributed by atoms with Crippen LogP contribution in [0.25, 0.3) is 91.2 Å². The van der Waals surface area contributed by atoms with Gasteiger partial charge < -0.3 is 14.7 Å². The number of thiophene rings is 1. The number of amidine groups is 2. The molecule has 1 aliphatic heterocycles. The number of benzene rings is 9. The molecule has 0 saturated heterocycles. The molecule has 2 aromatic heterocycles. The Morgan fingerprint density at radius 1 is 0.448 bits per heavy atom. The predicted molar refractivity (Wildman–Crippen MR) is 245 cm³/mol. The maximum Gasteiger partial charge on any atom is 0.136 e. The average molecular weight is 759 g/mol. The number of nitrogens with zero attached hydrogens (tertiary/aromatic N) is 3. The Morgan fingerprint density at radius 3 is 2.07 bits per heavy atom. The molecule has 0 spiro atoms. The molecule has 58 heavy (non-hydrogen) atoms. The fourth-order valence-corrected chi connectivity index (χ4v) is 9.73. The Hall–Kier alpha value is -7.34. The van der Waals surface area contributed by atoms with Crippen LogP contribution in [0.1, 0.15) is 22.9 Å². The summed E-state index contributed by atoms with van der Waals surface area (Å²) in [5.74, 6) is 1.35. The van der Waals surface area contributed by atoms with Gasteiger partial charge in [0.05, 0.1) is 12.0 Å². The average Bonchev–Trinajstić information content (AvgIpc) is 3.87. The van der Waals surface area contributed by atoms with Gasteiger partial charge in [-0.1, -0.05) is 157 Å². The SMILES string of the molecule is c1ccc(C2=NC(c3ccc(-c4cccc5oc6ccc(-c7ccc8c(ccc9ccccc98)c7)cc6c45)cc3)=NC(c3ccc4c(c3)sc3ccccc34)[N-]2)cc1. The molecule has 1 aliphatic rings. The third kappa shape index (κ3) is 5.43. The Labute approximate surface area is 338 Å². The fraction of sp³-hybridized carbons (Fsp3) is 0.0189. The van der Waals surface area contributed by atoms with Crippen molar-refractivity contribution < 1.29 is 4.42 Å². The minimum atomic E-state index is -0.417. The molecule has 4 nitrogen and oxygen atoms in total. The second kappa shape index (κ2) is 13.1. The van der Waals surface area contributed by atoms with Crippen LogP contribution in [0.3, 0.4) is 0 Å². The summed E-state index contributed by atoms with van der Waals surface area (Å²) in [5.41, 5.74) is 9.25. The molecule has 12 rings (SSSR count). The normalized spacial score (nSPS) is 14.4. The van der Waals surface area contributed by atoms with Crippen LogP contribution in [0.5, 0.6) is 0 Å². The molecule has 9 aromatic carbocycles. The molecule has 0 amide bonds. The maximum atomic E-state index is 6.45. The number of hydrogen-bond acceptors (Lipinski definition) is 4. The highest BCUT2D eigenvalue weighted by Crippen LogP contribution is 2.41. The van der Waals surface area contributed by atoms with Gasteiger partial charge in [-0.15, -0.1) is 11.3 Å². The number of hydrogen-bond donors (Lipinski definition) is 0. The summed E-state index contributed by atoms with van der Waals surface area (Å²) >= 11 is 1.81. The second-order valence-corrected chi connectivity index (χ2v) is 16.0. The van der Waals surface area contributed by atoms with E-state index in [2.05, 4.69) is 170 Å². The lowest BCUT2D eigenvalue weighted by Gasteiger charge is -2.32. The highest BCUT2D eigenvalue weighted by atomic mass is 32.1. The minimum absolute atomic E-state index is 0.417. The van der Waals surface area contributed by atoms with Crippen molar-refractivity contribution >= 4 is 86.7 Å². The van der Waals surface area contributed by atoms with Crippen LogP contribution in [0.4, 0.5) is 0 Å². The molecule has 272 valence electrons. The van der Waals surface area contributed by atoms with Gasteiger partial charge in [0.2, 0.25) is 0 Å². The molecular formula is C53H32N3OS-. The zero-order valence-electron chi connectivity index (χ0n) is 31.1. The summed E-state index contributed by atoms with van der Waals surface area (Å²) in [6.45, 7) is 0. The van der Waals surface area contributed by atoms with Gasteiger partial charge in [0.1, 0.15) is 11.2 Å². The molecule has 0 radical (unpaired) electrons. The summed E-state index contributed by atoms with van der Waals surface area (Å²) in [4.78, 5) is 10.2. The van der Waals surface area contributed by atoms with Crippen LogP contribution in [-0.2, 0) is 0 Å². The van der Waals surface area contributed by atoms with Crippen molar-refractivity contribution in [1.29, 1.82) is 0 Å². The van der Waals surface area contributed by atoms with E-state index in [9.17, 15) is 0 Å². The zero-order valence-corrected chi connectivity index (χ0v) is 31.9. The monoisotopic (exact) mass is 758 g/mol. The van der Waals surface area contributed by atoms with Gasteiger partial charge >= 0.3 is 0 Å². The first-order valence-electron chi connectivity index (χ1n) is 19.5. The van der Waals surface area contributed by atoms with Crippen molar-refractivity contribution in [3.05, 3.63) is 210 Å². The third-order valence-electron chi connectivity index (χ3n) is 11.5. The van der Waals surface area contributed by atoms with Gasteiger partial charge in [-0.05, 0) is 96.9 Å². The molecule has 5 heteroatoms. The van der Waals surface area contributed by atoms with Crippen molar-refractivity contribution in [3.8, 4) is 22.3 Å². The van der Waals surface area contributed by atoms with Crippen LogP contribution < -0.4 is 0 Å². The summed E-state index contributed by atoms with van der Waals surface area (Å²) in [6.07, 6.45) is -0.417. The van der Waals surface area contributed by atoms with Crippen molar-refractivity contribution in [1.82, 2.24) is 0 Å². The van der Waals surface area contributed by atoms with E-state index >= 15 is 0 Å². The van der Waals surface area contributed by atoms with E-state index in [1.807, 2.05) is 29.5 Å². The van der Waals surface area contributed by atoms with Crippen LogP contribution in [0.2, 0.25) is 0 Å². The molecule has 3 heterocycles. The number of furan rings is 1. The topological polar surface area (TPSA) is 52.0 Å². The lowest BCUT2D eigenvalue weighted by molar-refractivity contribution is 0.669. The molecule has 0 fully saturated rings. The molecule has 0 N–H and O–H groups in total. The first kappa shape index (κ1) is 32.9. The van der Waals surface area contributed by atoms with Gasteiger partial charge in [-0.2, -0.15) is 0 Å². The van der Waals surface area contributed by atoms with Gasteiger partial charge in [-0.3, -0.25) is 4.99 Å².